The molecule has 3 rings (SSSR count). The van der Waals surface area contributed by atoms with Crippen molar-refractivity contribution >= 4 is 29.9 Å². The van der Waals surface area contributed by atoms with Gasteiger partial charge < -0.3 is 15.5 Å². The van der Waals surface area contributed by atoms with E-state index in [1.54, 1.807) is 0 Å². The number of nitrogens with zero attached hydrogens (tertiary/aromatic N) is 1. The molecule has 2 aliphatic rings. The Labute approximate surface area is 149 Å². The standard InChI is InChI=1S/C18H25N3O2.ClH/c1-13-15(18(23)21-10-2-3-11-21)7-4-8-16(13)20-17(22)14-6-5-9-19-12-14;/h4,7-8,14,19H,2-3,5-6,9-12H2,1H3,(H,20,22);1H. The molecule has 132 valence electrons. The fourth-order valence-corrected chi connectivity index (χ4v) is 3.40. The van der Waals surface area contributed by atoms with Gasteiger partial charge in [0.15, 0.2) is 0 Å². The molecule has 0 aromatic heterocycles. The molecule has 1 unspecified atom stereocenters. The van der Waals surface area contributed by atoms with Gasteiger partial charge in [-0.2, -0.15) is 0 Å². The molecule has 2 heterocycles. The average molecular weight is 352 g/mol. The van der Waals surface area contributed by atoms with Gasteiger partial charge in [-0.25, -0.2) is 0 Å². The number of nitrogens with one attached hydrogen (secondary N) is 2. The Balaban J connectivity index is 0.00000208. The minimum Gasteiger partial charge on any atom is -0.339 e. The van der Waals surface area contributed by atoms with Gasteiger partial charge in [-0.15, -0.1) is 12.4 Å². The van der Waals surface area contributed by atoms with Crippen molar-refractivity contribution in [2.24, 2.45) is 5.92 Å². The number of carbonyl (C=O) groups excluding carboxylic acids is 2. The van der Waals surface area contributed by atoms with Crippen molar-refractivity contribution in [1.82, 2.24) is 10.2 Å². The van der Waals surface area contributed by atoms with E-state index in [-0.39, 0.29) is 30.1 Å². The Bertz CT molecular complexity index is 594. The van der Waals surface area contributed by atoms with Crippen LogP contribution in [0.1, 0.15) is 41.6 Å². The maximum absolute atomic E-state index is 12.6. The SMILES string of the molecule is Cc1c(NC(=O)C2CCCNC2)cccc1C(=O)N1CCCC1.Cl. The number of likely N-dealkylation sites (tertiary alicyclic amines) is 1. The van der Waals surface area contributed by atoms with Crippen LogP contribution in [0.4, 0.5) is 5.69 Å². The summed E-state index contributed by atoms with van der Waals surface area (Å²) >= 11 is 0. The number of anilines is 1. The molecule has 1 aromatic carbocycles. The lowest BCUT2D eigenvalue weighted by molar-refractivity contribution is -0.120. The summed E-state index contributed by atoms with van der Waals surface area (Å²) in [5.41, 5.74) is 2.32. The number of carbonyl (C=O) groups is 2. The fourth-order valence-electron chi connectivity index (χ4n) is 3.40. The first-order valence-electron chi connectivity index (χ1n) is 8.57. The maximum atomic E-state index is 12.6. The van der Waals surface area contributed by atoms with E-state index in [2.05, 4.69) is 10.6 Å². The number of hydrogen-bond acceptors (Lipinski definition) is 3. The van der Waals surface area contributed by atoms with E-state index in [4.69, 9.17) is 0 Å². The van der Waals surface area contributed by atoms with Gasteiger partial charge in [0.05, 0.1) is 5.92 Å². The molecule has 1 aromatic rings. The molecular weight excluding hydrogens is 326 g/mol. The lowest BCUT2D eigenvalue weighted by Crippen LogP contribution is -2.37. The number of piperidine rings is 1. The average Bonchev–Trinajstić information content (AvgIpc) is 3.11. The molecular formula is C18H26ClN3O2. The number of rotatable bonds is 3. The van der Waals surface area contributed by atoms with Crippen LogP contribution in [0.5, 0.6) is 0 Å². The highest BCUT2D eigenvalue weighted by Gasteiger charge is 2.24. The summed E-state index contributed by atoms with van der Waals surface area (Å²) < 4.78 is 0. The Kier molecular flexibility index (Phi) is 6.63. The third-order valence-electron chi connectivity index (χ3n) is 4.88. The zero-order chi connectivity index (χ0) is 16.2. The molecule has 0 aliphatic carbocycles. The molecule has 2 saturated heterocycles. The molecule has 2 N–H and O–H groups in total. The number of halogens is 1. The summed E-state index contributed by atoms with van der Waals surface area (Å²) in [5.74, 6) is 0.141. The Morgan fingerprint density at radius 2 is 1.96 bits per heavy atom. The second-order valence-corrected chi connectivity index (χ2v) is 6.51. The van der Waals surface area contributed by atoms with E-state index in [9.17, 15) is 9.59 Å². The van der Waals surface area contributed by atoms with Crippen LogP contribution < -0.4 is 10.6 Å². The summed E-state index contributed by atoms with van der Waals surface area (Å²) in [6, 6.07) is 5.59. The van der Waals surface area contributed by atoms with E-state index in [0.717, 1.165) is 63.1 Å². The van der Waals surface area contributed by atoms with Gasteiger partial charge >= 0.3 is 0 Å². The van der Waals surface area contributed by atoms with Gasteiger partial charge in [0.25, 0.3) is 5.91 Å². The van der Waals surface area contributed by atoms with Crippen molar-refractivity contribution in [2.45, 2.75) is 32.6 Å². The van der Waals surface area contributed by atoms with Gasteiger partial charge in [-0.05, 0) is 56.8 Å². The molecule has 2 aliphatic heterocycles. The summed E-state index contributed by atoms with van der Waals surface area (Å²) in [5, 5.41) is 6.28. The van der Waals surface area contributed by atoms with Crippen LogP contribution in [0.25, 0.3) is 0 Å². The Hall–Kier alpha value is -1.59. The van der Waals surface area contributed by atoms with Crippen molar-refractivity contribution < 1.29 is 9.59 Å². The molecule has 0 spiro atoms. The maximum Gasteiger partial charge on any atom is 0.254 e. The highest BCUT2D eigenvalue weighted by molar-refractivity contribution is 6.00. The normalized spacial score (nSPS) is 20.4. The van der Waals surface area contributed by atoms with E-state index in [1.807, 2.05) is 30.0 Å². The monoisotopic (exact) mass is 351 g/mol. The van der Waals surface area contributed by atoms with E-state index >= 15 is 0 Å². The second kappa shape index (κ2) is 8.49. The minimum absolute atomic E-state index is 0. The zero-order valence-corrected chi connectivity index (χ0v) is 15.0. The minimum atomic E-state index is 0. The van der Waals surface area contributed by atoms with Crippen molar-refractivity contribution in [3.63, 3.8) is 0 Å². The molecule has 5 nitrogen and oxygen atoms in total. The summed E-state index contributed by atoms with van der Waals surface area (Å²) in [7, 11) is 0. The molecule has 0 radical (unpaired) electrons. The quantitative estimate of drug-likeness (QED) is 0.879. The topological polar surface area (TPSA) is 61.4 Å². The predicted octanol–water partition coefficient (Wildman–Crippen LogP) is 2.59. The molecule has 0 saturated carbocycles. The number of hydrogen-bond donors (Lipinski definition) is 2. The molecule has 1 atom stereocenters. The molecule has 6 heteroatoms. The van der Waals surface area contributed by atoms with Crippen molar-refractivity contribution in [1.29, 1.82) is 0 Å². The molecule has 24 heavy (non-hydrogen) atoms. The van der Waals surface area contributed by atoms with Crippen LogP contribution in [0, 0.1) is 12.8 Å². The van der Waals surface area contributed by atoms with Gasteiger partial charge in [-0.3, -0.25) is 9.59 Å². The van der Waals surface area contributed by atoms with Crippen LogP contribution in [-0.4, -0.2) is 42.9 Å². The van der Waals surface area contributed by atoms with Crippen LogP contribution >= 0.6 is 12.4 Å². The Morgan fingerprint density at radius 3 is 2.62 bits per heavy atom. The smallest absolute Gasteiger partial charge is 0.254 e. The fraction of sp³-hybridized carbons (Fsp3) is 0.556. The first-order chi connectivity index (χ1) is 11.2. The predicted molar refractivity (Wildman–Crippen MR) is 97.8 cm³/mol. The third-order valence-corrected chi connectivity index (χ3v) is 4.88. The van der Waals surface area contributed by atoms with Gasteiger partial charge in [0.2, 0.25) is 5.91 Å². The summed E-state index contributed by atoms with van der Waals surface area (Å²) in [6.07, 6.45) is 4.11. The van der Waals surface area contributed by atoms with Gasteiger partial charge in [0, 0.05) is 30.9 Å². The van der Waals surface area contributed by atoms with Crippen molar-refractivity contribution in [3.05, 3.63) is 29.3 Å². The third kappa shape index (κ3) is 4.08. The largest absolute Gasteiger partial charge is 0.339 e. The van der Waals surface area contributed by atoms with Crippen LogP contribution in [0.2, 0.25) is 0 Å². The van der Waals surface area contributed by atoms with E-state index in [1.165, 1.54) is 0 Å². The van der Waals surface area contributed by atoms with E-state index < -0.39 is 0 Å². The first kappa shape index (κ1) is 18.7. The lowest BCUT2D eigenvalue weighted by Gasteiger charge is -2.23. The second-order valence-electron chi connectivity index (χ2n) is 6.51. The lowest BCUT2D eigenvalue weighted by atomic mass is 9.98. The number of amides is 2. The van der Waals surface area contributed by atoms with Crippen LogP contribution in [-0.2, 0) is 4.79 Å². The molecule has 2 fully saturated rings. The zero-order valence-electron chi connectivity index (χ0n) is 14.1. The van der Waals surface area contributed by atoms with E-state index in [0.29, 0.717) is 5.56 Å². The Morgan fingerprint density at radius 1 is 1.21 bits per heavy atom. The summed E-state index contributed by atoms with van der Waals surface area (Å²) in [4.78, 5) is 26.9. The van der Waals surface area contributed by atoms with Gasteiger partial charge in [-0.1, -0.05) is 6.07 Å². The molecule has 0 bridgehead atoms. The van der Waals surface area contributed by atoms with Gasteiger partial charge in [0.1, 0.15) is 0 Å². The first-order valence-corrected chi connectivity index (χ1v) is 8.57. The highest BCUT2D eigenvalue weighted by Crippen LogP contribution is 2.23. The molecule has 2 amide bonds. The summed E-state index contributed by atoms with van der Waals surface area (Å²) in [6.45, 7) is 5.31. The van der Waals surface area contributed by atoms with Crippen molar-refractivity contribution in [3.8, 4) is 0 Å². The van der Waals surface area contributed by atoms with Crippen LogP contribution in [0.3, 0.4) is 0 Å². The van der Waals surface area contributed by atoms with Crippen LogP contribution in [0.15, 0.2) is 18.2 Å². The highest BCUT2D eigenvalue weighted by atomic mass is 35.5. The number of benzene rings is 1. The van der Waals surface area contributed by atoms with Crippen molar-refractivity contribution in [2.75, 3.05) is 31.5 Å².